The zero-order chi connectivity index (χ0) is 14.4. The first-order chi connectivity index (χ1) is 10.2. The highest BCUT2D eigenvalue weighted by atomic mass is 16.2. The number of hydrogen-bond acceptors (Lipinski definition) is 3. The van der Waals surface area contributed by atoms with Gasteiger partial charge in [-0.15, -0.1) is 0 Å². The Morgan fingerprint density at radius 1 is 1.19 bits per heavy atom. The number of pyridine rings is 1. The lowest BCUT2D eigenvalue weighted by Crippen LogP contribution is -2.59. The van der Waals surface area contributed by atoms with E-state index in [0.717, 1.165) is 29.3 Å². The van der Waals surface area contributed by atoms with E-state index in [2.05, 4.69) is 10.3 Å². The lowest BCUT2D eigenvalue weighted by molar-refractivity contribution is -0.131. The molecule has 1 aliphatic heterocycles. The number of rotatable bonds is 2. The van der Waals surface area contributed by atoms with Gasteiger partial charge in [-0.3, -0.25) is 14.6 Å². The van der Waals surface area contributed by atoms with Crippen molar-refractivity contribution in [1.82, 2.24) is 10.3 Å². The van der Waals surface area contributed by atoms with E-state index < -0.39 is 0 Å². The molecule has 1 aliphatic carbocycles. The predicted molar refractivity (Wildman–Crippen MR) is 78.8 cm³/mol. The summed E-state index contributed by atoms with van der Waals surface area (Å²) >= 11 is 0. The van der Waals surface area contributed by atoms with Gasteiger partial charge in [0.2, 0.25) is 11.8 Å². The number of fused-ring (bicyclic) bond motifs is 1. The lowest BCUT2D eigenvalue weighted by Gasteiger charge is -2.33. The highest BCUT2D eigenvalue weighted by Gasteiger charge is 2.43. The number of anilines is 1. The number of aromatic nitrogens is 1. The summed E-state index contributed by atoms with van der Waals surface area (Å²) in [6.45, 7) is 0.0868. The minimum absolute atomic E-state index is 0.00131. The molecule has 106 valence electrons. The first kappa shape index (κ1) is 12.3. The fourth-order valence-electron chi connectivity index (χ4n) is 2.96. The Morgan fingerprint density at radius 2 is 2.05 bits per heavy atom. The van der Waals surface area contributed by atoms with Crippen molar-refractivity contribution in [1.29, 1.82) is 0 Å². The van der Waals surface area contributed by atoms with E-state index in [9.17, 15) is 9.59 Å². The number of carbonyl (C=O) groups excluding carboxylic acids is 2. The van der Waals surface area contributed by atoms with Crippen LogP contribution in [0.3, 0.4) is 0 Å². The van der Waals surface area contributed by atoms with Crippen LogP contribution >= 0.6 is 0 Å². The Kier molecular flexibility index (Phi) is 2.67. The topological polar surface area (TPSA) is 62.3 Å². The normalized spacial score (nSPS) is 22.5. The second-order valence-corrected chi connectivity index (χ2v) is 5.68. The van der Waals surface area contributed by atoms with Crippen molar-refractivity contribution >= 4 is 28.3 Å². The van der Waals surface area contributed by atoms with Crippen molar-refractivity contribution in [3.63, 3.8) is 0 Å². The smallest absolute Gasteiger partial charge is 0.250 e. The van der Waals surface area contributed by atoms with Crippen molar-refractivity contribution in [2.24, 2.45) is 5.92 Å². The van der Waals surface area contributed by atoms with Gasteiger partial charge in [0.1, 0.15) is 12.6 Å². The van der Waals surface area contributed by atoms with Gasteiger partial charge in [0, 0.05) is 23.2 Å². The van der Waals surface area contributed by atoms with Gasteiger partial charge in [0.15, 0.2) is 0 Å². The zero-order valence-electron chi connectivity index (χ0n) is 11.5. The van der Waals surface area contributed by atoms with E-state index in [1.807, 2.05) is 24.3 Å². The van der Waals surface area contributed by atoms with Crippen molar-refractivity contribution in [3.8, 4) is 0 Å². The average molecular weight is 281 g/mol. The summed E-state index contributed by atoms with van der Waals surface area (Å²) in [7, 11) is 0. The molecule has 1 N–H and O–H groups in total. The molecule has 1 saturated carbocycles. The number of hydrogen-bond donors (Lipinski definition) is 1. The summed E-state index contributed by atoms with van der Waals surface area (Å²) in [6, 6.07) is 7.27. The molecule has 1 aromatic carbocycles. The van der Waals surface area contributed by atoms with Gasteiger partial charge in [-0.05, 0) is 30.9 Å². The van der Waals surface area contributed by atoms with E-state index in [4.69, 9.17) is 0 Å². The Morgan fingerprint density at radius 3 is 2.86 bits per heavy atom. The highest BCUT2D eigenvalue weighted by Crippen LogP contribution is 2.36. The Hall–Kier alpha value is -2.43. The van der Waals surface area contributed by atoms with Crippen LogP contribution in [-0.4, -0.2) is 29.4 Å². The predicted octanol–water partition coefficient (Wildman–Crippen LogP) is 1.48. The third-order valence-electron chi connectivity index (χ3n) is 4.19. The monoisotopic (exact) mass is 281 g/mol. The SMILES string of the molecule is O=C1CN(c2cccc3cnccc23)C(=O)C(C2CC2)N1. The molecule has 0 radical (unpaired) electrons. The molecule has 1 unspecified atom stereocenters. The minimum atomic E-state index is -0.358. The number of nitrogens with zero attached hydrogens (tertiary/aromatic N) is 2. The van der Waals surface area contributed by atoms with E-state index in [0.29, 0.717) is 5.92 Å². The van der Waals surface area contributed by atoms with Crippen molar-refractivity contribution in [2.45, 2.75) is 18.9 Å². The molecule has 21 heavy (non-hydrogen) atoms. The summed E-state index contributed by atoms with van der Waals surface area (Å²) in [6.07, 6.45) is 5.51. The Bertz CT molecular complexity index is 734. The minimum Gasteiger partial charge on any atom is -0.342 e. The zero-order valence-corrected chi connectivity index (χ0v) is 11.5. The van der Waals surface area contributed by atoms with Gasteiger partial charge in [-0.25, -0.2) is 0 Å². The van der Waals surface area contributed by atoms with Gasteiger partial charge in [0.05, 0.1) is 5.69 Å². The van der Waals surface area contributed by atoms with Crippen LogP contribution in [0, 0.1) is 5.92 Å². The van der Waals surface area contributed by atoms with E-state index in [1.165, 1.54) is 0 Å². The fraction of sp³-hybridized carbons (Fsp3) is 0.312. The third-order valence-corrected chi connectivity index (χ3v) is 4.19. The molecule has 1 saturated heterocycles. The molecule has 0 bridgehead atoms. The Labute approximate surface area is 122 Å². The standard InChI is InChI=1S/C16H15N3O2/c20-14-9-19(16(21)15(18-14)10-4-5-10)13-3-1-2-11-8-17-7-6-12(11)13/h1-3,6-8,10,15H,4-5,9H2,(H,18,20). The van der Waals surface area contributed by atoms with Crippen molar-refractivity contribution in [2.75, 3.05) is 11.4 Å². The quantitative estimate of drug-likeness (QED) is 0.907. The molecule has 5 nitrogen and oxygen atoms in total. The van der Waals surface area contributed by atoms with Crippen LogP contribution in [0.4, 0.5) is 5.69 Å². The number of benzene rings is 1. The maximum absolute atomic E-state index is 12.7. The number of amides is 2. The molecule has 2 aliphatic rings. The largest absolute Gasteiger partial charge is 0.342 e. The van der Waals surface area contributed by atoms with Gasteiger partial charge in [0.25, 0.3) is 0 Å². The van der Waals surface area contributed by atoms with Gasteiger partial charge in [-0.1, -0.05) is 12.1 Å². The van der Waals surface area contributed by atoms with Crippen molar-refractivity contribution < 1.29 is 9.59 Å². The molecule has 1 aromatic heterocycles. The first-order valence-corrected chi connectivity index (χ1v) is 7.17. The van der Waals surface area contributed by atoms with Gasteiger partial charge >= 0.3 is 0 Å². The molecule has 2 fully saturated rings. The molecular formula is C16H15N3O2. The molecule has 4 rings (SSSR count). The maximum atomic E-state index is 12.7. The van der Waals surface area contributed by atoms with E-state index in [1.54, 1.807) is 17.3 Å². The first-order valence-electron chi connectivity index (χ1n) is 7.17. The summed E-state index contributed by atoms with van der Waals surface area (Å²) < 4.78 is 0. The number of carbonyl (C=O) groups is 2. The fourth-order valence-corrected chi connectivity index (χ4v) is 2.96. The molecule has 2 amide bonds. The molecule has 2 heterocycles. The maximum Gasteiger partial charge on any atom is 0.250 e. The van der Waals surface area contributed by atoms with Gasteiger partial charge < -0.3 is 10.2 Å². The summed E-state index contributed by atoms with van der Waals surface area (Å²) in [5.41, 5.74) is 0.792. The second kappa shape index (κ2) is 4.55. The Balaban J connectivity index is 1.79. The highest BCUT2D eigenvalue weighted by molar-refractivity contribution is 6.11. The summed E-state index contributed by atoms with van der Waals surface area (Å²) in [4.78, 5) is 30.4. The van der Waals surface area contributed by atoms with Crippen LogP contribution in [0.25, 0.3) is 10.8 Å². The average Bonchev–Trinajstić information content (AvgIpc) is 3.33. The van der Waals surface area contributed by atoms with Crippen LogP contribution in [0.2, 0.25) is 0 Å². The van der Waals surface area contributed by atoms with E-state index in [-0.39, 0.29) is 24.4 Å². The molecule has 2 aromatic rings. The third kappa shape index (κ3) is 2.05. The van der Waals surface area contributed by atoms with Crippen LogP contribution < -0.4 is 10.2 Å². The molecule has 1 atom stereocenters. The summed E-state index contributed by atoms with van der Waals surface area (Å²) in [5, 5.41) is 4.75. The number of piperazine rings is 1. The van der Waals surface area contributed by atoms with Crippen molar-refractivity contribution in [3.05, 3.63) is 36.7 Å². The van der Waals surface area contributed by atoms with Crippen LogP contribution in [-0.2, 0) is 9.59 Å². The molecular weight excluding hydrogens is 266 g/mol. The van der Waals surface area contributed by atoms with Crippen LogP contribution in [0.15, 0.2) is 36.7 Å². The second-order valence-electron chi connectivity index (χ2n) is 5.68. The molecule has 0 spiro atoms. The number of nitrogens with one attached hydrogen (secondary N) is 1. The lowest BCUT2D eigenvalue weighted by atomic mass is 10.1. The summed E-state index contributed by atoms with van der Waals surface area (Å²) in [5.74, 6) is 0.222. The van der Waals surface area contributed by atoms with E-state index >= 15 is 0 Å². The van der Waals surface area contributed by atoms with Crippen LogP contribution in [0.5, 0.6) is 0 Å². The molecule has 5 heteroatoms. The van der Waals surface area contributed by atoms with Crippen LogP contribution in [0.1, 0.15) is 12.8 Å². The van der Waals surface area contributed by atoms with Gasteiger partial charge in [-0.2, -0.15) is 0 Å².